The van der Waals surface area contributed by atoms with E-state index in [1.54, 1.807) is 6.08 Å². The standard InChI is InChI=1S/C56H111NO4/c1-3-5-7-9-11-13-15-17-19-20-21-22-23-24-25-26-27-28-29-30-31-32-33-34-35-37-39-41-43-45-47-49-51-55(60)56(61)57-53(52-58)54(59)50-48-46-44-42-40-38-36-18-16-14-12-10-8-6-4-2/h48,50,53-55,58-60H,3-47,49,51-52H2,1-2H3,(H,57,61)/b50-48+. The molecule has 5 nitrogen and oxygen atoms in total. The number of hydrogen-bond acceptors (Lipinski definition) is 4. The third kappa shape index (κ3) is 46.9. The Labute approximate surface area is 382 Å². The minimum absolute atomic E-state index is 0.359. The molecule has 0 heterocycles. The second-order valence-electron chi connectivity index (χ2n) is 19.5. The number of allylic oxidation sites excluding steroid dienone is 1. The molecular formula is C56H111NO4. The van der Waals surface area contributed by atoms with E-state index in [2.05, 4.69) is 19.2 Å². The summed E-state index contributed by atoms with van der Waals surface area (Å²) in [6.07, 6.45) is 64.4. The Morgan fingerprint density at radius 1 is 0.393 bits per heavy atom. The molecule has 0 saturated heterocycles. The summed E-state index contributed by atoms with van der Waals surface area (Å²) < 4.78 is 0. The Bertz CT molecular complexity index is 864. The average Bonchev–Trinajstić information content (AvgIpc) is 3.26. The summed E-state index contributed by atoms with van der Waals surface area (Å²) in [7, 11) is 0. The van der Waals surface area contributed by atoms with Crippen LogP contribution in [0.2, 0.25) is 0 Å². The van der Waals surface area contributed by atoms with Crippen LogP contribution in [0.25, 0.3) is 0 Å². The topological polar surface area (TPSA) is 89.8 Å². The number of carbonyl (C=O) groups excluding carboxylic acids is 1. The maximum absolute atomic E-state index is 12.5. The number of hydrogen-bond donors (Lipinski definition) is 4. The number of amides is 1. The molecule has 0 aromatic carbocycles. The molecule has 3 atom stereocenters. The summed E-state index contributed by atoms with van der Waals surface area (Å²) in [6.45, 7) is 4.21. The summed E-state index contributed by atoms with van der Waals surface area (Å²) >= 11 is 0. The predicted molar refractivity (Wildman–Crippen MR) is 269 cm³/mol. The molecular weight excluding hydrogens is 751 g/mol. The van der Waals surface area contributed by atoms with Crippen LogP contribution in [-0.2, 0) is 4.79 Å². The SMILES string of the molecule is CCCCCCCCCCCCCCC/C=C/C(O)C(CO)NC(=O)C(O)CCCCCCCCCCCCCCCCCCCCCCCCCCCCCCCCCC. The van der Waals surface area contributed by atoms with Gasteiger partial charge in [-0.3, -0.25) is 4.79 Å². The summed E-state index contributed by atoms with van der Waals surface area (Å²) in [5, 5.41) is 33.3. The van der Waals surface area contributed by atoms with E-state index >= 15 is 0 Å². The summed E-state index contributed by atoms with van der Waals surface area (Å²) in [5.74, 6) is -0.497. The van der Waals surface area contributed by atoms with Crippen molar-refractivity contribution in [3.8, 4) is 0 Å². The quantitative estimate of drug-likeness (QED) is 0.0362. The van der Waals surface area contributed by atoms with E-state index in [0.29, 0.717) is 6.42 Å². The molecule has 0 fully saturated rings. The number of rotatable bonds is 52. The first kappa shape index (κ1) is 60.1. The molecule has 0 aliphatic heterocycles. The molecule has 0 radical (unpaired) electrons. The van der Waals surface area contributed by atoms with Crippen molar-refractivity contribution in [1.82, 2.24) is 5.32 Å². The van der Waals surface area contributed by atoms with Crippen molar-refractivity contribution < 1.29 is 20.1 Å². The highest BCUT2D eigenvalue weighted by atomic mass is 16.3. The van der Waals surface area contributed by atoms with E-state index in [-0.39, 0.29) is 6.61 Å². The molecule has 0 bridgehead atoms. The molecule has 5 heteroatoms. The first-order chi connectivity index (χ1) is 30.1. The van der Waals surface area contributed by atoms with E-state index < -0.39 is 24.2 Å². The van der Waals surface area contributed by atoms with Crippen molar-refractivity contribution in [3.05, 3.63) is 12.2 Å². The normalized spacial score (nSPS) is 13.3. The number of aliphatic hydroxyl groups excluding tert-OH is 3. The number of aliphatic hydroxyl groups is 3. The van der Waals surface area contributed by atoms with Crippen molar-refractivity contribution in [3.63, 3.8) is 0 Å². The van der Waals surface area contributed by atoms with E-state index in [1.165, 1.54) is 263 Å². The van der Waals surface area contributed by atoms with Crippen LogP contribution < -0.4 is 5.32 Å². The van der Waals surface area contributed by atoms with Crippen LogP contribution in [0.5, 0.6) is 0 Å². The maximum Gasteiger partial charge on any atom is 0.249 e. The lowest BCUT2D eigenvalue weighted by Gasteiger charge is -2.21. The minimum atomic E-state index is -1.09. The van der Waals surface area contributed by atoms with Gasteiger partial charge in [-0.05, 0) is 19.3 Å². The Balaban J connectivity index is 3.47. The van der Waals surface area contributed by atoms with Crippen molar-refractivity contribution in [1.29, 1.82) is 0 Å². The van der Waals surface area contributed by atoms with Crippen molar-refractivity contribution in [2.24, 2.45) is 0 Å². The molecule has 0 rings (SSSR count). The maximum atomic E-state index is 12.5. The molecule has 1 amide bonds. The highest BCUT2D eigenvalue weighted by Crippen LogP contribution is 2.18. The van der Waals surface area contributed by atoms with Crippen LogP contribution >= 0.6 is 0 Å². The largest absolute Gasteiger partial charge is 0.394 e. The average molecular weight is 863 g/mol. The first-order valence-electron chi connectivity index (χ1n) is 28.0. The zero-order valence-electron chi connectivity index (χ0n) is 41.6. The molecule has 0 aliphatic carbocycles. The monoisotopic (exact) mass is 862 g/mol. The zero-order chi connectivity index (χ0) is 44.4. The van der Waals surface area contributed by atoms with Gasteiger partial charge >= 0.3 is 0 Å². The second-order valence-corrected chi connectivity index (χ2v) is 19.5. The molecule has 0 saturated carbocycles. The van der Waals surface area contributed by atoms with Gasteiger partial charge in [-0.2, -0.15) is 0 Å². The van der Waals surface area contributed by atoms with E-state index in [0.717, 1.165) is 32.1 Å². The molecule has 3 unspecified atom stereocenters. The van der Waals surface area contributed by atoms with Gasteiger partial charge in [0.2, 0.25) is 5.91 Å². The third-order valence-electron chi connectivity index (χ3n) is 13.4. The van der Waals surface area contributed by atoms with Crippen molar-refractivity contribution in [2.45, 2.75) is 334 Å². The molecule has 0 spiro atoms. The summed E-state index contributed by atoms with van der Waals surface area (Å²) in [4.78, 5) is 12.5. The summed E-state index contributed by atoms with van der Waals surface area (Å²) in [6, 6.07) is -0.793. The van der Waals surface area contributed by atoms with Gasteiger partial charge in [-0.15, -0.1) is 0 Å². The Morgan fingerprint density at radius 3 is 0.902 bits per heavy atom. The van der Waals surface area contributed by atoms with Crippen molar-refractivity contribution >= 4 is 5.91 Å². The number of carbonyl (C=O) groups is 1. The predicted octanol–water partition coefficient (Wildman–Crippen LogP) is 17.1. The van der Waals surface area contributed by atoms with Gasteiger partial charge in [0.25, 0.3) is 0 Å². The lowest BCUT2D eigenvalue weighted by Crippen LogP contribution is -2.48. The van der Waals surface area contributed by atoms with Gasteiger partial charge in [0.15, 0.2) is 0 Å². The van der Waals surface area contributed by atoms with Crippen LogP contribution in [-0.4, -0.2) is 46.1 Å². The fourth-order valence-corrected chi connectivity index (χ4v) is 9.01. The van der Waals surface area contributed by atoms with Gasteiger partial charge in [-0.25, -0.2) is 0 Å². The first-order valence-corrected chi connectivity index (χ1v) is 28.0. The van der Waals surface area contributed by atoms with Gasteiger partial charge in [0, 0.05) is 0 Å². The lowest BCUT2D eigenvalue weighted by molar-refractivity contribution is -0.131. The summed E-state index contributed by atoms with van der Waals surface area (Å²) in [5.41, 5.74) is 0. The fraction of sp³-hybridized carbons (Fsp3) is 0.946. The minimum Gasteiger partial charge on any atom is -0.394 e. The Hall–Kier alpha value is -0.910. The second kappa shape index (κ2) is 51.7. The highest BCUT2D eigenvalue weighted by molar-refractivity contribution is 5.80. The van der Waals surface area contributed by atoms with Gasteiger partial charge in [0.1, 0.15) is 6.10 Å². The van der Waals surface area contributed by atoms with Crippen LogP contribution in [0.4, 0.5) is 0 Å². The van der Waals surface area contributed by atoms with E-state index in [4.69, 9.17) is 0 Å². The van der Waals surface area contributed by atoms with Crippen molar-refractivity contribution in [2.75, 3.05) is 6.61 Å². The van der Waals surface area contributed by atoms with Gasteiger partial charge in [-0.1, -0.05) is 309 Å². The highest BCUT2D eigenvalue weighted by Gasteiger charge is 2.22. The lowest BCUT2D eigenvalue weighted by atomic mass is 10.0. The number of nitrogens with one attached hydrogen (secondary N) is 1. The Kier molecular flexibility index (Phi) is 51.0. The zero-order valence-corrected chi connectivity index (χ0v) is 41.6. The Morgan fingerprint density at radius 2 is 0.639 bits per heavy atom. The molecule has 61 heavy (non-hydrogen) atoms. The van der Waals surface area contributed by atoms with Gasteiger partial charge in [0.05, 0.1) is 18.8 Å². The van der Waals surface area contributed by atoms with Crippen LogP contribution in [0.15, 0.2) is 12.2 Å². The van der Waals surface area contributed by atoms with Gasteiger partial charge < -0.3 is 20.6 Å². The van der Waals surface area contributed by atoms with Crippen LogP contribution in [0.1, 0.15) is 316 Å². The molecule has 0 aliphatic rings. The van der Waals surface area contributed by atoms with Crippen LogP contribution in [0, 0.1) is 0 Å². The molecule has 0 aromatic heterocycles. The third-order valence-corrected chi connectivity index (χ3v) is 13.4. The smallest absolute Gasteiger partial charge is 0.249 e. The van der Waals surface area contributed by atoms with E-state index in [9.17, 15) is 20.1 Å². The van der Waals surface area contributed by atoms with Crippen LogP contribution in [0.3, 0.4) is 0 Å². The molecule has 364 valence electrons. The molecule has 0 aromatic rings. The molecule has 4 N–H and O–H groups in total. The number of unbranched alkanes of at least 4 members (excludes halogenated alkanes) is 44. The fourth-order valence-electron chi connectivity index (χ4n) is 9.01. The van der Waals surface area contributed by atoms with E-state index in [1.807, 2.05) is 6.08 Å².